The minimum atomic E-state index is -1.25. The van der Waals surface area contributed by atoms with Gasteiger partial charge >= 0.3 is 0 Å². The quantitative estimate of drug-likeness (QED) is 0.707. The number of nitrogens with one attached hydrogen (secondary N) is 1. The summed E-state index contributed by atoms with van der Waals surface area (Å²) in [4.78, 5) is 26.3. The van der Waals surface area contributed by atoms with Gasteiger partial charge in [-0.1, -0.05) is 12.8 Å². The van der Waals surface area contributed by atoms with Crippen molar-refractivity contribution in [2.24, 2.45) is 11.7 Å². The van der Waals surface area contributed by atoms with Crippen molar-refractivity contribution >= 4 is 11.8 Å². The fraction of sp³-hybridized carbons (Fsp3) is 0.619. The van der Waals surface area contributed by atoms with Gasteiger partial charge in [-0.05, 0) is 43.2 Å². The van der Waals surface area contributed by atoms with Crippen LogP contribution in [-0.4, -0.2) is 41.4 Å². The molecule has 3 rings (SSSR count). The van der Waals surface area contributed by atoms with Gasteiger partial charge in [0.15, 0.2) is 11.6 Å². The number of hydrogen-bond acceptors (Lipinski definition) is 3. The lowest BCUT2D eigenvalue weighted by atomic mass is 9.84. The van der Waals surface area contributed by atoms with Gasteiger partial charge in [0.1, 0.15) is 5.82 Å². The topological polar surface area (TPSA) is 75.4 Å². The fourth-order valence-electron chi connectivity index (χ4n) is 4.80. The number of nitrogens with zero attached hydrogens (tertiary/aromatic N) is 1. The van der Waals surface area contributed by atoms with Crippen LogP contribution >= 0.6 is 0 Å². The molecule has 2 amide bonds. The van der Waals surface area contributed by atoms with Gasteiger partial charge < -0.3 is 16.0 Å². The van der Waals surface area contributed by atoms with Crippen LogP contribution in [0.4, 0.5) is 13.2 Å². The molecule has 1 heterocycles. The largest absolute Gasteiger partial charge is 0.354 e. The molecule has 29 heavy (non-hydrogen) atoms. The third-order valence-corrected chi connectivity index (χ3v) is 6.08. The molecule has 1 saturated heterocycles. The van der Waals surface area contributed by atoms with Crippen molar-refractivity contribution in [1.29, 1.82) is 0 Å². The molecule has 3 N–H and O–H groups in total. The van der Waals surface area contributed by atoms with E-state index in [4.69, 9.17) is 5.73 Å². The Morgan fingerprint density at radius 1 is 1.17 bits per heavy atom. The summed E-state index contributed by atoms with van der Waals surface area (Å²) in [5.74, 6) is -3.12. The molecule has 1 aromatic rings. The number of carbonyl (C=O) groups excluding carboxylic acids is 2. The van der Waals surface area contributed by atoms with Crippen LogP contribution in [0.15, 0.2) is 12.1 Å². The molecule has 160 valence electrons. The molecule has 4 atom stereocenters. The first-order valence-electron chi connectivity index (χ1n) is 10.2. The highest BCUT2D eigenvalue weighted by Crippen LogP contribution is 2.40. The summed E-state index contributed by atoms with van der Waals surface area (Å²) in [5.41, 5.74) is 6.02. The van der Waals surface area contributed by atoms with Gasteiger partial charge in [-0.2, -0.15) is 0 Å². The van der Waals surface area contributed by atoms with E-state index < -0.39 is 23.5 Å². The maximum atomic E-state index is 13.9. The molecule has 1 aliphatic heterocycles. The van der Waals surface area contributed by atoms with Gasteiger partial charge in [-0.3, -0.25) is 9.59 Å². The van der Waals surface area contributed by atoms with Crippen molar-refractivity contribution in [1.82, 2.24) is 10.2 Å². The summed E-state index contributed by atoms with van der Waals surface area (Å²) in [6.07, 6.45) is 4.97. The minimum Gasteiger partial charge on any atom is -0.354 e. The predicted octanol–water partition coefficient (Wildman–Crippen LogP) is 2.66. The molecule has 1 aromatic carbocycles. The van der Waals surface area contributed by atoms with Crippen LogP contribution in [-0.2, 0) is 16.0 Å². The Morgan fingerprint density at radius 2 is 1.86 bits per heavy atom. The Labute approximate surface area is 168 Å². The number of benzene rings is 1. The van der Waals surface area contributed by atoms with Crippen LogP contribution in [0.1, 0.15) is 51.0 Å². The first-order chi connectivity index (χ1) is 13.8. The molecular formula is C21H28F3N3O2. The molecular weight excluding hydrogens is 383 g/mol. The van der Waals surface area contributed by atoms with Crippen molar-refractivity contribution < 1.29 is 22.8 Å². The van der Waals surface area contributed by atoms with Crippen LogP contribution in [0.3, 0.4) is 0 Å². The average molecular weight is 411 g/mol. The second-order valence-corrected chi connectivity index (χ2v) is 8.27. The third-order valence-electron chi connectivity index (χ3n) is 6.08. The normalized spacial score (nSPS) is 24.9. The Hall–Kier alpha value is -2.09. The highest BCUT2D eigenvalue weighted by Gasteiger charge is 2.44. The van der Waals surface area contributed by atoms with Crippen molar-refractivity contribution in [3.8, 4) is 0 Å². The molecule has 0 unspecified atom stereocenters. The van der Waals surface area contributed by atoms with Crippen LogP contribution in [0, 0.1) is 23.4 Å². The smallest absolute Gasteiger partial charge is 0.224 e. The van der Waals surface area contributed by atoms with Crippen molar-refractivity contribution in [3.05, 3.63) is 35.1 Å². The molecule has 2 aliphatic rings. The summed E-state index contributed by atoms with van der Waals surface area (Å²) in [6, 6.07) is 0.636. The second kappa shape index (κ2) is 9.15. The van der Waals surface area contributed by atoms with E-state index in [1.54, 1.807) is 0 Å². The Bertz CT molecular complexity index is 774. The van der Waals surface area contributed by atoms with Gasteiger partial charge in [0.05, 0.1) is 0 Å². The zero-order valence-corrected chi connectivity index (χ0v) is 16.6. The Morgan fingerprint density at radius 3 is 2.59 bits per heavy atom. The molecule has 8 heteroatoms. The maximum absolute atomic E-state index is 13.9. The number of amides is 2. The standard InChI is InChI=1S/C21H28F3N3O2/c1-12(28)26-11-16-7-13-4-2-3-5-20(13)27(16)21(29)9-15(25)6-14-8-18(23)19(24)10-17(14)22/h8,10,13,15-16,20H,2-7,9,11,25H2,1H3,(H,26,28)/t13-,15+,16-,20-/m0/s1. The molecule has 0 spiro atoms. The monoisotopic (exact) mass is 411 g/mol. The first kappa shape index (κ1) is 21.6. The lowest BCUT2D eigenvalue weighted by molar-refractivity contribution is -0.135. The van der Waals surface area contributed by atoms with Gasteiger partial charge in [-0.25, -0.2) is 13.2 Å². The number of fused-ring (bicyclic) bond motifs is 1. The second-order valence-electron chi connectivity index (χ2n) is 8.27. The summed E-state index contributed by atoms with van der Waals surface area (Å²) in [6.45, 7) is 1.85. The zero-order chi connectivity index (χ0) is 21.1. The van der Waals surface area contributed by atoms with E-state index in [1.165, 1.54) is 6.92 Å². The van der Waals surface area contributed by atoms with E-state index in [0.717, 1.165) is 38.2 Å². The van der Waals surface area contributed by atoms with Crippen LogP contribution < -0.4 is 11.1 Å². The number of nitrogens with two attached hydrogens (primary N) is 1. The lowest BCUT2D eigenvalue weighted by Gasteiger charge is -2.35. The molecule has 1 aliphatic carbocycles. The SMILES string of the molecule is CC(=O)NC[C@@H]1C[C@@H]2CCCC[C@@H]2N1C(=O)C[C@H](N)Cc1cc(F)c(F)cc1F. The van der Waals surface area contributed by atoms with Gasteiger partial charge in [-0.15, -0.1) is 0 Å². The van der Waals surface area contributed by atoms with E-state index >= 15 is 0 Å². The fourth-order valence-corrected chi connectivity index (χ4v) is 4.80. The van der Waals surface area contributed by atoms with Crippen LogP contribution in [0.5, 0.6) is 0 Å². The summed E-state index contributed by atoms with van der Waals surface area (Å²) in [7, 11) is 0. The van der Waals surface area contributed by atoms with Crippen LogP contribution in [0.25, 0.3) is 0 Å². The van der Waals surface area contributed by atoms with Crippen molar-refractivity contribution in [2.75, 3.05) is 6.54 Å². The van der Waals surface area contributed by atoms with Crippen molar-refractivity contribution in [3.63, 3.8) is 0 Å². The summed E-state index contributed by atoms with van der Waals surface area (Å²) < 4.78 is 40.4. The van der Waals surface area contributed by atoms with E-state index in [9.17, 15) is 22.8 Å². The average Bonchev–Trinajstić information content (AvgIpc) is 3.03. The van der Waals surface area contributed by atoms with Gasteiger partial charge in [0.25, 0.3) is 0 Å². The summed E-state index contributed by atoms with van der Waals surface area (Å²) in [5, 5.41) is 2.80. The molecule has 2 fully saturated rings. The van der Waals surface area contributed by atoms with E-state index in [2.05, 4.69) is 5.32 Å². The van der Waals surface area contributed by atoms with Crippen molar-refractivity contribution in [2.45, 2.75) is 70.0 Å². The minimum absolute atomic E-state index is 0.0156. The van der Waals surface area contributed by atoms with Gasteiger partial charge in [0.2, 0.25) is 11.8 Å². The van der Waals surface area contributed by atoms with Gasteiger partial charge in [0, 0.05) is 44.1 Å². The molecule has 5 nitrogen and oxygen atoms in total. The number of rotatable bonds is 6. The molecule has 0 aromatic heterocycles. The van der Waals surface area contributed by atoms with E-state index in [0.29, 0.717) is 18.5 Å². The number of halogens is 3. The summed E-state index contributed by atoms with van der Waals surface area (Å²) >= 11 is 0. The highest BCUT2D eigenvalue weighted by molar-refractivity contribution is 5.78. The predicted molar refractivity (Wildman–Crippen MR) is 102 cm³/mol. The Kier molecular flexibility index (Phi) is 6.82. The van der Waals surface area contributed by atoms with Crippen LogP contribution in [0.2, 0.25) is 0 Å². The first-order valence-corrected chi connectivity index (χ1v) is 10.2. The highest BCUT2D eigenvalue weighted by atomic mass is 19.2. The third kappa shape index (κ3) is 5.10. The maximum Gasteiger partial charge on any atom is 0.224 e. The Balaban J connectivity index is 1.67. The molecule has 0 bridgehead atoms. The molecule has 0 radical (unpaired) electrons. The number of hydrogen-bond donors (Lipinski definition) is 2. The number of likely N-dealkylation sites (tertiary alicyclic amines) is 1. The zero-order valence-electron chi connectivity index (χ0n) is 16.6. The number of carbonyl (C=O) groups is 2. The van der Waals surface area contributed by atoms with E-state index in [1.807, 2.05) is 4.90 Å². The lowest BCUT2D eigenvalue weighted by Crippen LogP contribution is -2.48. The van der Waals surface area contributed by atoms with E-state index in [-0.39, 0.29) is 42.3 Å². The molecule has 1 saturated carbocycles.